The number of nitrogens with zero attached hydrogens (tertiary/aromatic N) is 1. The van der Waals surface area contributed by atoms with Crippen LogP contribution in [0.3, 0.4) is 0 Å². The molecule has 4 atom stereocenters. The molecule has 3 aliphatic rings. The van der Waals surface area contributed by atoms with Crippen molar-refractivity contribution in [2.45, 2.75) is 43.2 Å². The fraction of sp³-hybridized carbons (Fsp3) is 1.00. The Morgan fingerprint density at radius 3 is 1.58 bits per heavy atom. The summed E-state index contributed by atoms with van der Waals surface area (Å²) in [4.78, 5) is 0. The second-order valence-corrected chi connectivity index (χ2v) is 7.83. The van der Waals surface area contributed by atoms with E-state index in [1.165, 1.54) is 0 Å². The molecule has 3 saturated heterocycles. The Morgan fingerprint density at radius 1 is 0.947 bits per heavy atom. The Hall–Kier alpha value is -0.110. The van der Waals surface area contributed by atoms with E-state index in [9.17, 15) is 30.3 Å². The van der Waals surface area contributed by atoms with E-state index in [-0.39, 0.29) is 6.10 Å². The monoisotopic (exact) mass is 315 g/mol. The van der Waals surface area contributed by atoms with Crippen molar-refractivity contribution in [3.8, 4) is 0 Å². The van der Waals surface area contributed by atoms with Crippen molar-refractivity contribution in [2.24, 2.45) is 0 Å². The van der Waals surface area contributed by atoms with Gasteiger partial charge in [0.1, 0.15) is 24.3 Å². The van der Waals surface area contributed by atoms with E-state index in [1.54, 1.807) is 0 Å². The number of ether oxygens (including phenoxy) is 1. The van der Waals surface area contributed by atoms with Crippen LogP contribution in [0.2, 0.25) is 0 Å². The van der Waals surface area contributed by atoms with Crippen molar-refractivity contribution in [3.63, 3.8) is 0 Å². The molecule has 3 fully saturated rings. The Balaban J connectivity index is 0.000000167. The second kappa shape index (κ2) is 3.37. The average molecular weight is 315 g/mol. The number of quaternary nitrogens is 1. The van der Waals surface area contributed by atoms with Gasteiger partial charge < -0.3 is 14.3 Å². The van der Waals surface area contributed by atoms with Crippen LogP contribution in [0.4, 0.5) is 25.2 Å². The number of aliphatic hydroxyl groups is 1. The number of halogens is 6. The molecule has 0 amide bonds. The summed E-state index contributed by atoms with van der Waals surface area (Å²) in [6.45, 7) is 0. The van der Waals surface area contributed by atoms with Gasteiger partial charge in [-0.15, -0.1) is 0 Å². The second-order valence-electron chi connectivity index (χ2n) is 5.91. The van der Waals surface area contributed by atoms with Crippen molar-refractivity contribution >= 4 is 7.81 Å². The standard InChI is InChI=1S/C9H16NO2.F6P/c1-10(2)6-3-5(11)4-7(10)9-8(6)12-9;1-7(2,3,4,5)6/h5-9,11H,3-4H2,1-2H3;/q+1;-1. The molecule has 0 aromatic rings. The van der Waals surface area contributed by atoms with Gasteiger partial charge in [0, 0.05) is 12.8 Å². The van der Waals surface area contributed by atoms with Crippen LogP contribution in [0.15, 0.2) is 0 Å². The number of morpholine rings is 1. The van der Waals surface area contributed by atoms with Gasteiger partial charge in [-0.05, 0) is 0 Å². The molecule has 2 bridgehead atoms. The fourth-order valence-corrected chi connectivity index (χ4v) is 3.22. The first-order valence-electron chi connectivity index (χ1n) is 5.79. The molecule has 0 spiro atoms. The summed E-state index contributed by atoms with van der Waals surface area (Å²) in [6, 6.07) is 1.12. The van der Waals surface area contributed by atoms with E-state index in [0.717, 1.165) is 17.3 Å². The fourth-order valence-electron chi connectivity index (χ4n) is 3.22. The summed E-state index contributed by atoms with van der Waals surface area (Å²) in [5.74, 6) is 0. The van der Waals surface area contributed by atoms with Gasteiger partial charge >= 0.3 is 33.0 Å². The zero-order valence-corrected chi connectivity index (χ0v) is 11.2. The van der Waals surface area contributed by atoms with Gasteiger partial charge in [0.25, 0.3) is 0 Å². The van der Waals surface area contributed by atoms with Gasteiger partial charge in [-0.25, -0.2) is 0 Å². The number of rotatable bonds is 0. The van der Waals surface area contributed by atoms with Crippen molar-refractivity contribution in [1.82, 2.24) is 0 Å². The summed E-state index contributed by atoms with van der Waals surface area (Å²) in [7, 11) is -6.11. The topological polar surface area (TPSA) is 32.8 Å². The molecular weight excluding hydrogens is 299 g/mol. The van der Waals surface area contributed by atoms with Crippen LogP contribution in [0.1, 0.15) is 12.8 Å². The van der Waals surface area contributed by atoms with Crippen molar-refractivity contribution in [1.29, 1.82) is 0 Å². The molecule has 19 heavy (non-hydrogen) atoms. The summed E-state index contributed by atoms with van der Waals surface area (Å²) >= 11 is 0. The zero-order chi connectivity index (χ0) is 14.9. The normalized spacial score (nSPS) is 46.3. The van der Waals surface area contributed by atoms with Gasteiger partial charge in [-0.1, -0.05) is 0 Å². The molecule has 0 aromatic heterocycles. The van der Waals surface area contributed by atoms with Crippen LogP contribution in [0, 0.1) is 0 Å². The number of likely N-dealkylation sites (N-methyl/N-ethyl adjacent to an activating group) is 1. The summed E-state index contributed by atoms with van der Waals surface area (Å²) < 4.78 is 65.8. The maximum atomic E-state index is 9.87. The Bertz CT molecular complexity index is 364. The van der Waals surface area contributed by atoms with Crippen LogP contribution in [-0.2, 0) is 4.74 Å². The van der Waals surface area contributed by atoms with Gasteiger partial charge in [-0.3, -0.25) is 0 Å². The molecule has 1 N–H and O–H groups in total. The van der Waals surface area contributed by atoms with Crippen molar-refractivity contribution in [3.05, 3.63) is 0 Å². The van der Waals surface area contributed by atoms with Crippen LogP contribution in [-0.4, -0.2) is 54.1 Å². The van der Waals surface area contributed by atoms with E-state index >= 15 is 0 Å². The predicted molar refractivity (Wildman–Crippen MR) is 57.2 cm³/mol. The van der Waals surface area contributed by atoms with Crippen LogP contribution in [0.25, 0.3) is 0 Å². The van der Waals surface area contributed by atoms with Crippen LogP contribution >= 0.6 is 7.81 Å². The SMILES string of the molecule is C[N+]1(C)C2CC(O)CC1C1OC12.F[P-](F)(F)(F)(F)F. The van der Waals surface area contributed by atoms with Gasteiger partial charge in [0.2, 0.25) is 0 Å². The third-order valence-electron chi connectivity index (χ3n) is 4.06. The minimum atomic E-state index is -10.7. The predicted octanol–water partition coefficient (Wildman–Crippen LogP) is 3.12. The molecule has 0 radical (unpaired) electrons. The average Bonchev–Trinajstić information content (AvgIpc) is 2.76. The van der Waals surface area contributed by atoms with E-state index in [4.69, 9.17) is 4.74 Å². The van der Waals surface area contributed by atoms with Crippen molar-refractivity contribution < 1.29 is 39.5 Å². The number of hydrogen-bond acceptors (Lipinski definition) is 2. The molecule has 0 aromatic carbocycles. The number of hydrogen-bond donors (Lipinski definition) is 1. The molecule has 0 saturated carbocycles. The Kier molecular flexibility index (Phi) is 2.71. The molecule has 3 heterocycles. The Morgan fingerprint density at radius 2 is 1.26 bits per heavy atom. The molecule has 3 nitrogen and oxygen atoms in total. The molecular formula is C9H16F6NO2P. The number of aliphatic hydroxyl groups excluding tert-OH is 1. The van der Waals surface area contributed by atoms with Gasteiger partial charge in [-0.2, -0.15) is 0 Å². The number of piperidine rings is 1. The molecule has 116 valence electrons. The molecule has 0 aliphatic carbocycles. The first-order chi connectivity index (χ1) is 8.05. The van der Waals surface area contributed by atoms with E-state index in [1.807, 2.05) is 0 Å². The van der Waals surface area contributed by atoms with Gasteiger partial charge in [0.15, 0.2) is 0 Å². The zero-order valence-electron chi connectivity index (χ0n) is 10.3. The summed E-state index contributed by atoms with van der Waals surface area (Å²) in [5.41, 5.74) is 0. The quantitative estimate of drug-likeness (QED) is 0.322. The van der Waals surface area contributed by atoms with Crippen LogP contribution in [0.5, 0.6) is 0 Å². The molecule has 3 rings (SSSR count). The van der Waals surface area contributed by atoms with Gasteiger partial charge in [0.05, 0.1) is 20.2 Å². The number of epoxide rings is 1. The van der Waals surface area contributed by atoms with Crippen molar-refractivity contribution in [2.75, 3.05) is 14.1 Å². The third-order valence-corrected chi connectivity index (χ3v) is 4.06. The first-order valence-corrected chi connectivity index (χ1v) is 7.82. The molecule has 10 heteroatoms. The van der Waals surface area contributed by atoms with E-state index in [2.05, 4.69) is 14.1 Å². The molecule has 3 aliphatic heterocycles. The molecule has 4 unspecified atom stereocenters. The maximum absolute atomic E-state index is 10.7. The third kappa shape index (κ3) is 3.93. The minimum absolute atomic E-state index is 0.0671. The first kappa shape index (κ1) is 15.3. The summed E-state index contributed by atoms with van der Waals surface area (Å²) in [6.07, 6.45) is 2.75. The van der Waals surface area contributed by atoms with E-state index in [0.29, 0.717) is 24.3 Å². The number of fused-ring (bicyclic) bond motifs is 5. The van der Waals surface area contributed by atoms with Crippen LogP contribution < -0.4 is 0 Å². The van der Waals surface area contributed by atoms with E-state index < -0.39 is 7.81 Å². The Labute approximate surface area is 106 Å². The summed E-state index contributed by atoms with van der Waals surface area (Å²) in [5, 5.41) is 9.60.